The number of amides is 1. The van der Waals surface area contributed by atoms with Gasteiger partial charge in [-0.15, -0.1) is 11.3 Å². The molecule has 0 aliphatic heterocycles. The number of rotatable bonds is 8. The number of sulfonamides is 1. The highest BCUT2D eigenvalue weighted by Gasteiger charge is 2.21. The predicted molar refractivity (Wildman–Crippen MR) is 137 cm³/mol. The molecular formula is C26H25N3O3S2. The third-order valence-electron chi connectivity index (χ3n) is 5.40. The Balaban J connectivity index is 1.49. The third-order valence-corrected chi connectivity index (χ3v) is 8.36. The van der Waals surface area contributed by atoms with Crippen molar-refractivity contribution in [2.75, 3.05) is 18.4 Å². The zero-order valence-corrected chi connectivity index (χ0v) is 20.6. The third kappa shape index (κ3) is 5.09. The lowest BCUT2D eigenvalue weighted by Gasteiger charge is -2.18. The normalized spacial score (nSPS) is 11.5. The summed E-state index contributed by atoms with van der Waals surface area (Å²) in [5.74, 6) is -0.313. The fourth-order valence-electron chi connectivity index (χ4n) is 3.57. The molecule has 3 aromatic carbocycles. The fourth-order valence-corrected chi connectivity index (χ4v) is 5.86. The van der Waals surface area contributed by atoms with E-state index < -0.39 is 10.0 Å². The van der Waals surface area contributed by atoms with Crippen molar-refractivity contribution in [1.29, 1.82) is 0 Å². The first-order valence-corrected chi connectivity index (χ1v) is 13.3. The maximum absolute atomic E-state index is 12.8. The quantitative estimate of drug-likeness (QED) is 0.340. The van der Waals surface area contributed by atoms with Gasteiger partial charge < -0.3 is 5.32 Å². The second-order valence-electron chi connectivity index (χ2n) is 7.55. The van der Waals surface area contributed by atoms with Gasteiger partial charge in [-0.25, -0.2) is 13.4 Å². The van der Waals surface area contributed by atoms with E-state index in [2.05, 4.69) is 5.32 Å². The number of nitrogens with one attached hydrogen (secondary N) is 1. The molecule has 1 heterocycles. The van der Waals surface area contributed by atoms with Crippen LogP contribution in [0.2, 0.25) is 0 Å². The predicted octanol–water partition coefficient (Wildman–Crippen LogP) is 5.76. The lowest BCUT2D eigenvalue weighted by molar-refractivity contribution is 0.102. The summed E-state index contributed by atoms with van der Waals surface area (Å²) < 4.78 is 26.7. The molecule has 6 nitrogen and oxygen atoms in total. The van der Waals surface area contributed by atoms with E-state index in [1.54, 1.807) is 25.2 Å². The molecule has 0 aliphatic rings. The number of thiazole rings is 1. The van der Waals surface area contributed by atoms with E-state index in [0.29, 0.717) is 24.3 Å². The maximum Gasteiger partial charge on any atom is 0.255 e. The number of aromatic nitrogens is 1. The van der Waals surface area contributed by atoms with Gasteiger partial charge in [-0.3, -0.25) is 4.79 Å². The van der Waals surface area contributed by atoms with Crippen molar-refractivity contribution in [3.8, 4) is 21.8 Å². The van der Waals surface area contributed by atoms with Crippen LogP contribution < -0.4 is 5.32 Å². The summed E-state index contributed by atoms with van der Waals surface area (Å²) in [6.07, 6.45) is 0. The monoisotopic (exact) mass is 491 g/mol. The highest BCUT2D eigenvalue weighted by atomic mass is 32.2. The van der Waals surface area contributed by atoms with Gasteiger partial charge >= 0.3 is 0 Å². The fraction of sp³-hybridized carbons (Fsp3) is 0.154. The van der Waals surface area contributed by atoms with Gasteiger partial charge in [0.1, 0.15) is 5.01 Å². The van der Waals surface area contributed by atoms with Crippen LogP contribution in [0, 0.1) is 0 Å². The molecule has 0 radical (unpaired) electrons. The molecule has 8 heteroatoms. The van der Waals surface area contributed by atoms with Crippen LogP contribution in [0.4, 0.5) is 5.69 Å². The molecule has 0 saturated heterocycles. The molecule has 0 spiro atoms. The van der Waals surface area contributed by atoms with Crippen LogP contribution in [-0.2, 0) is 10.0 Å². The first-order chi connectivity index (χ1) is 16.4. The molecule has 0 fully saturated rings. The van der Waals surface area contributed by atoms with Gasteiger partial charge in [-0.05, 0) is 36.4 Å². The lowest BCUT2D eigenvalue weighted by atomic mass is 10.1. The molecule has 1 aromatic heterocycles. The van der Waals surface area contributed by atoms with E-state index in [4.69, 9.17) is 4.98 Å². The molecule has 0 atom stereocenters. The van der Waals surface area contributed by atoms with Gasteiger partial charge in [-0.2, -0.15) is 4.31 Å². The lowest BCUT2D eigenvalue weighted by Crippen LogP contribution is -2.30. The molecule has 4 rings (SSSR count). The van der Waals surface area contributed by atoms with Crippen LogP contribution in [0.3, 0.4) is 0 Å². The van der Waals surface area contributed by atoms with Gasteiger partial charge in [0.25, 0.3) is 5.91 Å². The van der Waals surface area contributed by atoms with Gasteiger partial charge in [0.05, 0.1) is 10.6 Å². The van der Waals surface area contributed by atoms with Crippen molar-refractivity contribution >= 4 is 33.0 Å². The Morgan fingerprint density at radius 2 is 1.59 bits per heavy atom. The minimum absolute atomic E-state index is 0.174. The van der Waals surface area contributed by atoms with E-state index in [9.17, 15) is 13.2 Å². The van der Waals surface area contributed by atoms with Gasteiger partial charge in [0, 0.05) is 40.8 Å². The topological polar surface area (TPSA) is 79.4 Å². The zero-order chi connectivity index (χ0) is 24.1. The zero-order valence-electron chi connectivity index (χ0n) is 18.9. The van der Waals surface area contributed by atoms with Crippen molar-refractivity contribution in [3.63, 3.8) is 0 Å². The molecule has 1 N–H and O–H groups in total. The Morgan fingerprint density at radius 1 is 0.912 bits per heavy atom. The first-order valence-electron chi connectivity index (χ1n) is 10.9. The SMILES string of the molecule is CCN(CC)S(=O)(=O)c1ccc(C(=O)Nc2cccc(-c3csc(-c4ccccc4)n3)c2)cc1. The van der Waals surface area contributed by atoms with E-state index in [1.165, 1.54) is 28.6 Å². The van der Waals surface area contributed by atoms with Crippen LogP contribution in [0.5, 0.6) is 0 Å². The highest BCUT2D eigenvalue weighted by molar-refractivity contribution is 7.89. The molecule has 174 valence electrons. The largest absolute Gasteiger partial charge is 0.322 e. The average molecular weight is 492 g/mol. The molecular weight excluding hydrogens is 466 g/mol. The van der Waals surface area contributed by atoms with Crippen LogP contribution in [-0.4, -0.2) is 36.7 Å². The molecule has 1 amide bonds. The number of carbonyl (C=O) groups is 1. The Bertz CT molecular complexity index is 1380. The maximum atomic E-state index is 12.8. The van der Waals surface area contributed by atoms with E-state index >= 15 is 0 Å². The van der Waals surface area contributed by atoms with Gasteiger partial charge in [-0.1, -0.05) is 56.3 Å². The number of nitrogens with zero attached hydrogens (tertiary/aromatic N) is 2. The van der Waals surface area contributed by atoms with Crippen molar-refractivity contribution in [1.82, 2.24) is 9.29 Å². The van der Waals surface area contributed by atoms with E-state index in [0.717, 1.165) is 21.8 Å². The summed E-state index contributed by atoms with van der Waals surface area (Å²) in [6.45, 7) is 4.38. The van der Waals surface area contributed by atoms with Crippen molar-refractivity contribution in [2.24, 2.45) is 0 Å². The molecule has 0 aliphatic carbocycles. The molecule has 4 aromatic rings. The highest BCUT2D eigenvalue weighted by Crippen LogP contribution is 2.30. The van der Waals surface area contributed by atoms with E-state index in [-0.39, 0.29) is 10.8 Å². The van der Waals surface area contributed by atoms with Crippen molar-refractivity contribution < 1.29 is 13.2 Å². The van der Waals surface area contributed by atoms with Crippen molar-refractivity contribution in [2.45, 2.75) is 18.7 Å². The Morgan fingerprint density at radius 3 is 2.26 bits per heavy atom. The molecule has 0 saturated carbocycles. The summed E-state index contributed by atoms with van der Waals surface area (Å²) in [5, 5.41) is 5.82. The Kier molecular flexibility index (Phi) is 7.21. The number of hydrogen-bond acceptors (Lipinski definition) is 5. The standard InChI is InChI=1S/C26H25N3O3S2/c1-3-29(4-2)34(31,32)23-15-13-19(14-16-23)25(30)27-22-12-8-11-21(17-22)24-18-33-26(28-24)20-9-6-5-7-10-20/h5-18H,3-4H2,1-2H3,(H,27,30). The number of hydrogen-bond donors (Lipinski definition) is 1. The van der Waals surface area contributed by atoms with Crippen LogP contribution in [0.1, 0.15) is 24.2 Å². The minimum Gasteiger partial charge on any atom is -0.322 e. The van der Waals surface area contributed by atoms with Crippen LogP contribution in [0.25, 0.3) is 21.8 Å². The Hall–Kier alpha value is -3.33. The first kappa shape index (κ1) is 23.8. The van der Waals surface area contributed by atoms with Gasteiger partial charge in [0.2, 0.25) is 10.0 Å². The molecule has 0 unspecified atom stereocenters. The second kappa shape index (κ2) is 10.3. The average Bonchev–Trinajstić information content (AvgIpc) is 3.36. The van der Waals surface area contributed by atoms with Crippen LogP contribution in [0.15, 0.2) is 89.1 Å². The summed E-state index contributed by atoms with van der Waals surface area (Å²) in [6, 6.07) is 23.5. The number of anilines is 1. The molecule has 34 heavy (non-hydrogen) atoms. The summed E-state index contributed by atoms with van der Waals surface area (Å²) in [5.41, 5.74) is 3.82. The van der Waals surface area contributed by atoms with Crippen LogP contribution >= 0.6 is 11.3 Å². The van der Waals surface area contributed by atoms with Crippen molar-refractivity contribution in [3.05, 3.63) is 89.8 Å². The number of carbonyl (C=O) groups excluding carboxylic acids is 1. The smallest absolute Gasteiger partial charge is 0.255 e. The van der Waals surface area contributed by atoms with E-state index in [1.807, 2.05) is 60.0 Å². The summed E-state index contributed by atoms with van der Waals surface area (Å²) >= 11 is 1.57. The Labute approximate surface area is 204 Å². The molecule has 0 bridgehead atoms. The number of benzene rings is 3. The summed E-state index contributed by atoms with van der Waals surface area (Å²) in [7, 11) is -3.56. The minimum atomic E-state index is -3.56. The van der Waals surface area contributed by atoms with Gasteiger partial charge in [0.15, 0.2) is 0 Å². The summed E-state index contributed by atoms with van der Waals surface area (Å²) in [4.78, 5) is 17.7. The second-order valence-corrected chi connectivity index (χ2v) is 10.3.